The fourth-order valence-corrected chi connectivity index (χ4v) is 3.47. The Morgan fingerprint density at radius 3 is 3.11 bits per heavy atom. The maximum absolute atomic E-state index is 11.0. The van der Waals surface area contributed by atoms with Crippen molar-refractivity contribution in [3.05, 3.63) is 46.3 Å². The molecule has 0 atom stereocenters. The molecule has 0 radical (unpaired) electrons. The summed E-state index contributed by atoms with van der Waals surface area (Å²) in [5, 5.41) is 19.8. The van der Waals surface area contributed by atoms with Crippen molar-refractivity contribution in [2.45, 2.75) is 10.9 Å². The van der Waals surface area contributed by atoms with E-state index in [1.54, 1.807) is 5.38 Å². The summed E-state index contributed by atoms with van der Waals surface area (Å²) in [5.74, 6) is -0.308. The Morgan fingerprint density at radius 1 is 1.37 bits per heavy atom. The van der Waals surface area contributed by atoms with Crippen molar-refractivity contribution in [2.75, 3.05) is 0 Å². The molecule has 5 nitrogen and oxygen atoms in total. The minimum atomic E-state index is -0.878. The zero-order valence-electron chi connectivity index (χ0n) is 9.68. The zero-order chi connectivity index (χ0) is 13.2. The summed E-state index contributed by atoms with van der Waals surface area (Å²) in [6.45, 7) is 0. The number of hydrogen-bond acceptors (Lipinski definition) is 5. The Hall–Kier alpha value is -1.86. The van der Waals surface area contributed by atoms with E-state index in [1.165, 1.54) is 23.1 Å². The van der Waals surface area contributed by atoms with Gasteiger partial charge in [0.25, 0.3) is 0 Å². The predicted molar refractivity (Wildman–Crippen MR) is 73.8 cm³/mol. The van der Waals surface area contributed by atoms with E-state index in [1.807, 2.05) is 34.9 Å². The van der Waals surface area contributed by atoms with Crippen molar-refractivity contribution < 1.29 is 9.90 Å². The number of carboxylic acid groups (broad SMARTS) is 1. The third-order valence-corrected chi connectivity index (χ3v) is 4.52. The summed E-state index contributed by atoms with van der Waals surface area (Å²) in [7, 11) is 0. The SMILES string of the molecule is O=C(O)c1sccc1CSc1nnc2ccccn12. The van der Waals surface area contributed by atoms with Crippen LogP contribution in [0.1, 0.15) is 15.2 Å². The summed E-state index contributed by atoms with van der Waals surface area (Å²) < 4.78 is 1.89. The Balaban J connectivity index is 1.83. The van der Waals surface area contributed by atoms with Gasteiger partial charge in [0, 0.05) is 11.9 Å². The van der Waals surface area contributed by atoms with Crippen LogP contribution in [0.2, 0.25) is 0 Å². The molecule has 3 rings (SSSR count). The van der Waals surface area contributed by atoms with Crippen molar-refractivity contribution >= 4 is 34.7 Å². The number of carbonyl (C=O) groups is 1. The van der Waals surface area contributed by atoms with E-state index in [4.69, 9.17) is 5.11 Å². The summed E-state index contributed by atoms with van der Waals surface area (Å²) in [5.41, 5.74) is 1.60. The van der Waals surface area contributed by atoms with E-state index >= 15 is 0 Å². The van der Waals surface area contributed by atoms with Crippen molar-refractivity contribution in [1.29, 1.82) is 0 Å². The molecular weight excluding hydrogens is 282 g/mol. The van der Waals surface area contributed by atoms with E-state index < -0.39 is 5.97 Å². The molecule has 0 bridgehead atoms. The first kappa shape index (κ1) is 12.2. The first-order chi connectivity index (χ1) is 9.25. The molecule has 3 aromatic rings. The molecule has 0 amide bonds. The van der Waals surface area contributed by atoms with Crippen LogP contribution in [-0.4, -0.2) is 25.7 Å². The molecule has 1 N–H and O–H groups in total. The quantitative estimate of drug-likeness (QED) is 0.749. The highest BCUT2D eigenvalue weighted by Gasteiger charge is 2.13. The third-order valence-electron chi connectivity index (χ3n) is 2.58. The average molecular weight is 291 g/mol. The van der Waals surface area contributed by atoms with Crippen molar-refractivity contribution in [3.8, 4) is 0 Å². The molecule has 0 aromatic carbocycles. The van der Waals surface area contributed by atoms with Gasteiger partial charge in [-0.15, -0.1) is 21.5 Å². The molecule has 3 aromatic heterocycles. The van der Waals surface area contributed by atoms with Gasteiger partial charge in [0.15, 0.2) is 10.8 Å². The van der Waals surface area contributed by atoms with Gasteiger partial charge in [-0.25, -0.2) is 4.79 Å². The van der Waals surface area contributed by atoms with Crippen molar-refractivity contribution in [2.24, 2.45) is 0 Å². The number of thiophene rings is 1. The van der Waals surface area contributed by atoms with E-state index in [2.05, 4.69) is 10.2 Å². The fraction of sp³-hybridized carbons (Fsp3) is 0.0833. The molecule has 3 heterocycles. The van der Waals surface area contributed by atoms with Gasteiger partial charge in [-0.3, -0.25) is 4.40 Å². The van der Waals surface area contributed by atoms with E-state index in [9.17, 15) is 4.79 Å². The summed E-state index contributed by atoms with van der Waals surface area (Å²) in [4.78, 5) is 11.4. The number of nitrogens with zero attached hydrogens (tertiary/aromatic N) is 3. The van der Waals surface area contributed by atoms with E-state index in [0.717, 1.165) is 16.4 Å². The maximum Gasteiger partial charge on any atom is 0.346 e. The largest absolute Gasteiger partial charge is 0.477 e. The number of aromatic carboxylic acids is 1. The van der Waals surface area contributed by atoms with Crippen LogP contribution < -0.4 is 0 Å². The highest BCUT2D eigenvalue weighted by Crippen LogP contribution is 2.26. The number of thioether (sulfide) groups is 1. The second-order valence-corrected chi connectivity index (χ2v) is 5.64. The van der Waals surface area contributed by atoms with Crippen LogP contribution in [-0.2, 0) is 5.75 Å². The lowest BCUT2D eigenvalue weighted by molar-refractivity contribution is 0.0701. The normalized spacial score (nSPS) is 10.9. The Morgan fingerprint density at radius 2 is 2.26 bits per heavy atom. The number of rotatable bonds is 4. The van der Waals surface area contributed by atoms with Gasteiger partial charge < -0.3 is 5.11 Å². The first-order valence-corrected chi connectivity index (χ1v) is 7.34. The third kappa shape index (κ3) is 2.34. The number of aromatic nitrogens is 3. The molecule has 0 saturated heterocycles. The summed E-state index contributed by atoms with van der Waals surface area (Å²) in [6.07, 6.45) is 1.89. The van der Waals surface area contributed by atoms with Gasteiger partial charge in [0.1, 0.15) is 4.88 Å². The number of fused-ring (bicyclic) bond motifs is 1. The lowest BCUT2D eigenvalue weighted by atomic mass is 10.3. The van der Waals surface area contributed by atoms with Gasteiger partial charge in [-0.1, -0.05) is 17.8 Å². The van der Waals surface area contributed by atoms with Crippen LogP contribution in [0.25, 0.3) is 5.65 Å². The summed E-state index contributed by atoms with van der Waals surface area (Å²) >= 11 is 2.72. The molecular formula is C12H9N3O2S2. The Bertz CT molecular complexity index is 735. The smallest absolute Gasteiger partial charge is 0.346 e. The Labute approximate surface area is 116 Å². The summed E-state index contributed by atoms with van der Waals surface area (Å²) in [6, 6.07) is 7.53. The van der Waals surface area contributed by atoms with Crippen LogP contribution >= 0.6 is 23.1 Å². The van der Waals surface area contributed by atoms with Gasteiger partial charge in [-0.2, -0.15) is 0 Å². The second kappa shape index (κ2) is 5.02. The molecule has 7 heteroatoms. The van der Waals surface area contributed by atoms with E-state index in [-0.39, 0.29) is 0 Å². The monoisotopic (exact) mass is 291 g/mol. The molecule has 0 saturated carbocycles. The molecule has 0 aliphatic heterocycles. The zero-order valence-corrected chi connectivity index (χ0v) is 11.3. The van der Waals surface area contributed by atoms with E-state index in [0.29, 0.717) is 10.6 Å². The topological polar surface area (TPSA) is 67.5 Å². The lowest BCUT2D eigenvalue weighted by Crippen LogP contribution is -1.96. The minimum absolute atomic E-state index is 0.390. The first-order valence-electron chi connectivity index (χ1n) is 5.48. The number of carboxylic acids is 1. The molecule has 96 valence electrons. The molecule has 19 heavy (non-hydrogen) atoms. The molecule has 0 unspecified atom stereocenters. The van der Waals surface area contributed by atoms with Crippen molar-refractivity contribution in [3.63, 3.8) is 0 Å². The van der Waals surface area contributed by atoms with Crippen LogP contribution in [0.5, 0.6) is 0 Å². The van der Waals surface area contributed by atoms with Crippen LogP contribution in [0.3, 0.4) is 0 Å². The lowest BCUT2D eigenvalue weighted by Gasteiger charge is -2.00. The highest BCUT2D eigenvalue weighted by molar-refractivity contribution is 7.98. The van der Waals surface area contributed by atoms with Crippen LogP contribution in [0.15, 0.2) is 41.0 Å². The second-order valence-electron chi connectivity index (χ2n) is 3.78. The number of pyridine rings is 1. The fourth-order valence-electron chi connectivity index (χ4n) is 1.70. The van der Waals surface area contributed by atoms with Crippen LogP contribution in [0.4, 0.5) is 0 Å². The molecule has 0 spiro atoms. The highest BCUT2D eigenvalue weighted by atomic mass is 32.2. The standard InChI is InChI=1S/C12H9N3O2S2/c16-11(17)10-8(4-6-18-10)7-19-12-14-13-9-3-1-2-5-15(9)12/h1-6H,7H2,(H,16,17). The van der Waals surface area contributed by atoms with Gasteiger partial charge in [0.05, 0.1) is 0 Å². The maximum atomic E-state index is 11.0. The van der Waals surface area contributed by atoms with Gasteiger partial charge in [-0.05, 0) is 29.1 Å². The van der Waals surface area contributed by atoms with Crippen LogP contribution in [0, 0.1) is 0 Å². The van der Waals surface area contributed by atoms with Gasteiger partial charge >= 0.3 is 5.97 Å². The van der Waals surface area contributed by atoms with Gasteiger partial charge in [0.2, 0.25) is 0 Å². The minimum Gasteiger partial charge on any atom is -0.477 e. The predicted octanol–water partition coefficient (Wildman–Crippen LogP) is 2.78. The molecule has 0 fully saturated rings. The number of hydrogen-bond donors (Lipinski definition) is 1. The van der Waals surface area contributed by atoms with Crippen molar-refractivity contribution in [1.82, 2.24) is 14.6 Å². The Kier molecular flexibility index (Phi) is 3.22. The average Bonchev–Trinajstić information content (AvgIpc) is 3.03. The molecule has 0 aliphatic rings. The molecule has 0 aliphatic carbocycles.